The molecule has 1 heterocycles. The predicted octanol–water partition coefficient (Wildman–Crippen LogP) is 0.443. The molecule has 23 heavy (non-hydrogen) atoms. The topological polar surface area (TPSA) is 156 Å². The number of nitrogens with two attached hydrogens (primary N) is 1. The minimum Gasteiger partial charge on any atom is -0.478 e. The third kappa shape index (κ3) is 5.75. The number of hydrogen-bond donors (Lipinski definition) is 4. The number of benzene rings is 1. The first kappa shape index (κ1) is 18.1. The Hall–Kier alpha value is -2.94. The van der Waals surface area contributed by atoms with Crippen molar-refractivity contribution in [2.75, 3.05) is 6.54 Å². The molecular weight excluding hydrogens is 308 g/mol. The zero-order valence-electron chi connectivity index (χ0n) is 12.0. The summed E-state index contributed by atoms with van der Waals surface area (Å²) < 4.78 is 4.17. The van der Waals surface area contributed by atoms with E-state index in [1.165, 1.54) is 24.3 Å². The fourth-order valence-corrected chi connectivity index (χ4v) is 1.91. The molecule has 1 fully saturated rings. The molecule has 2 rings (SSSR count). The van der Waals surface area contributed by atoms with Crippen molar-refractivity contribution < 1.29 is 34.1 Å². The molecule has 1 aliphatic heterocycles. The summed E-state index contributed by atoms with van der Waals surface area (Å²) in [5.74, 6) is -3.03. The van der Waals surface area contributed by atoms with Gasteiger partial charge in [0.05, 0.1) is 11.1 Å². The quantitative estimate of drug-likeness (QED) is 0.461. The van der Waals surface area contributed by atoms with Crippen LogP contribution in [-0.2, 0) is 9.53 Å². The fourth-order valence-electron chi connectivity index (χ4n) is 1.91. The van der Waals surface area contributed by atoms with Crippen LogP contribution in [0, 0.1) is 0 Å². The van der Waals surface area contributed by atoms with E-state index in [4.69, 9.17) is 10.2 Å². The van der Waals surface area contributed by atoms with Gasteiger partial charge in [0.2, 0.25) is 0 Å². The molecule has 1 saturated heterocycles. The second kappa shape index (κ2) is 8.49. The SMILES string of the molecule is NC(=O)OC(=O)[C@@H]1CCCN1.O=C(O)c1ccccc1C(=O)O. The Labute approximate surface area is 131 Å². The lowest BCUT2D eigenvalue weighted by atomic mass is 10.1. The van der Waals surface area contributed by atoms with E-state index in [0.717, 1.165) is 13.0 Å². The second-order valence-electron chi connectivity index (χ2n) is 4.54. The average Bonchev–Trinajstić information content (AvgIpc) is 3.01. The Morgan fingerprint density at radius 2 is 1.61 bits per heavy atom. The largest absolute Gasteiger partial charge is 0.478 e. The smallest absolute Gasteiger partial charge is 0.412 e. The van der Waals surface area contributed by atoms with E-state index in [9.17, 15) is 19.2 Å². The van der Waals surface area contributed by atoms with Crippen LogP contribution in [0.1, 0.15) is 33.6 Å². The number of primary amides is 1. The van der Waals surface area contributed by atoms with E-state index in [2.05, 4.69) is 15.8 Å². The molecule has 0 bridgehead atoms. The molecule has 0 spiro atoms. The highest BCUT2D eigenvalue weighted by atomic mass is 16.6. The van der Waals surface area contributed by atoms with Gasteiger partial charge in [0, 0.05) is 0 Å². The van der Waals surface area contributed by atoms with Crippen LogP contribution in [0.3, 0.4) is 0 Å². The van der Waals surface area contributed by atoms with Crippen LogP contribution in [0.25, 0.3) is 0 Å². The van der Waals surface area contributed by atoms with Crippen LogP contribution in [0.4, 0.5) is 4.79 Å². The maximum Gasteiger partial charge on any atom is 0.412 e. The number of ether oxygens (including phenoxy) is 1. The van der Waals surface area contributed by atoms with Crippen LogP contribution < -0.4 is 11.1 Å². The number of esters is 1. The Morgan fingerprint density at radius 1 is 1.09 bits per heavy atom. The van der Waals surface area contributed by atoms with E-state index in [-0.39, 0.29) is 17.2 Å². The highest BCUT2D eigenvalue weighted by Crippen LogP contribution is 2.08. The maximum absolute atomic E-state index is 10.9. The number of amides is 1. The van der Waals surface area contributed by atoms with Gasteiger partial charge in [-0.05, 0) is 31.5 Å². The Balaban J connectivity index is 0.000000231. The minimum absolute atomic E-state index is 0.190. The lowest BCUT2D eigenvalue weighted by Gasteiger charge is -2.05. The molecule has 124 valence electrons. The first-order valence-corrected chi connectivity index (χ1v) is 6.63. The van der Waals surface area contributed by atoms with Crippen molar-refractivity contribution in [1.82, 2.24) is 5.32 Å². The zero-order chi connectivity index (χ0) is 17.4. The van der Waals surface area contributed by atoms with Crippen molar-refractivity contribution in [3.63, 3.8) is 0 Å². The normalized spacial score (nSPS) is 15.9. The van der Waals surface area contributed by atoms with Gasteiger partial charge in [0.15, 0.2) is 0 Å². The molecule has 1 aliphatic rings. The monoisotopic (exact) mass is 324 g/mol. The molecule has 1 aromatic carbocycles. The number of rotatable bonds is 3. The molecule has 9 nitrogen and oxygen atoms in total. The lowest BCUT2D eigenvalue weighted by Crippen LogP contribution is -2.35. The van der Waals surface area contributed by atoms with Gasteiger partial charge in [0.25, 0.3) is 0 Å². The van der Waals surface area contributed by atoms with Gasteiger partial charge in [-0.25, -0.2) is 19.2 Å². The van der Waals surface area contributed by atoms with Crippen LogP contribution >= 0.6 is 0 Å². The van der Waals surface area contributed by atoms with E-state index in [0.29, 0.717) is 6.42 Å². The van der Waals surface area contributed by atoms with Crippen molar-refractivity contribution in [3.05, 3.63) is 35.4 Å². The molecule has 0 radical (unpaired) electrons. The number of carboxylic acids is 2. The summed E-state index contributed by atoms with van der Waals surface area (Å²) in [7, 11) is 0. The van der Waals surface area contributed by atoms with Crippen LogP contribution in [0.5, 0.6) is 0 Å². The number of carboxylic acid groups (broad SMARTS) is 2. The van der Waals surface area contributed by atoms with E-state index >= 15 is 0 Å². The minimum atomic E-state index is -1.23. The van der Waals surface area contributed by atoms with Gasteiger partial charge in [0.1, 0.15) is 6.04 Å². The first-order chi connectivity index (χ1) is 10.8. The molecule has 0 aromatic heterocycles. The predicted molar refractivity (Wildman–Crippen MR) is 77.1 cm³/mol. The Bertz CT molecular complexity index is 576. The van der Waals surface area contributed by atoms with Gasteiger partial charge in [-0.2, -0.15) is 0 Å². The molecular formula is C14H16N2O7. The van der Waals surface area contributed by atoms with Crippen LogP contribution in [-0.4, -0.2) is 46.8 Å². The molecule has 1 amide bonds. The molecule has 9 heteroatoms. The van der Waals surface area contributed by atoms with Gasteiger partial charge in [-0.15, -0.1) is 0 Å². The summed E-state index contributed by atoms with van der Waals surface area (Å²) in [6.07, 6.45) is 0.605. The number of carbonyl (C=O) groups excluding carboxylic acids is 2. The van der Waals surface area contributed by atoms with Crippen molar-refractivity contribution in [2.45, 2.75) is 18.9 Å². The van der Waals surface area contributed by atoms with Gasteiger partial charge >= 0.3 is 24.0 Å². The number of carbonyl (C=O) groups is 4. The summed E-state index contributed by atoms with van der Waals surface area (Å²) >= 11 is 0. The Morgan fingerprint density at radius 3 is 1.96 bits per heavy atom. The lowest BCUT2D eigenvalue weighted by molar-refractivity contribution is -0.139. The molecule has 0 saturated carbocycles. The second-order valence-corrected chi connectivity index (χ2v) is 4.54. The van der Waals surface area contributed by atoms with Crippen molar-refractivity contribution in [3.8, 4) is 0 Å². The first-order valence-electron chi connectivity index (χ1n) is 6.63. The van der Waals surface area contributed by atoms with Crippen molar-refractivity contribution in [1.29, 1.82) is 0 Å². The Kier molecular flexibility index (Phi) is 6.68. The third-order valence-electron chi connectivity index (χ3n) is 2.93. The van der Waals surface area contributed by atoms with Crippen LogP contribution in [0.15, 0.2) is 24.3 Å². The van der Waals surface area contributed by atoms with Crippen LogP contribution in [0.2, 0.25) is 0 Å². The van der Waals surface area contributed by atoms with E-state index < -0.39 is 24.0 Å². The average molecular weight is 324 g/mol. The summed E-state index contributed by atoms with van der Waals surface area (Å²) in [5.41, 5.74) is 4.27. The van der Waals surface area contributed by atoms with Gasteiger partial charge in [-0.3, -0.25) is 0 Å². The molecule has 1 aromatic rings. The van der Waals surface area contributed by atoms with Crippen molar-refractivity contribution in [2.24, 2.45) is 5.73 Å². The molecule has 5 N–H and O–H groups in total. The molecule has 1 atom stereocenters. The maximum atomic E-state index is 10.9. The number of aromatic carboxylic acids is 2. The summed E-state index contributed by atoms with van der Waals surface area (Å²) in [6.45, 7) is 0.790. The third-order valence-corrected chi connectivity index (χ3v) is 2.93. The highest BCUT2D eigenvalue weighted by Gasteiger charge is 2.24. The van der Waals surface area contributed by atoms with E-state index in [1.807, 2.05) is 0 Å². The van der Waals surface area contributed by atoms with Crippen molar-refractivity contribution >= 4 is 24.0 Å². The molecule has 0 aliphatic carbocycles. The number of nitrogens with one attached hydrogen (secondary N) is 1. The standard InChI is InChI=1S/C8H6O4.C6H10N2O3/c9-7(10)5-3-1-2-4-6(5)8(11)12;7-6(10)11-5(9)4-2-1-3-8-4/h1-4H,(H,9,10)(H,11,12);4,8H,1-3H2,(H2,7,10)/t;4-/m.0/s1. The molecule has 0 unspecified atom stereocenters. The van der Waals surface area contributed by atoms with Gasteiger partial charge < -0.3 is 26.0 Å². The fraction of sp³-hybridized carbons (Fsp3) is 0.286. The summed E-state index contributed by atoms with van der Waals surface area (Å²) in [4.78, 5) is 41.9. The number of hydrogen-bond acceptors (Lipinski definition) is 6. The van der Waals surface area contributed by atoms with E-state index in [1.54, 1.807) is 0 Å². The van der Waals surface area contributed by atoms with Gasteiger partial charge in [-0.1, -0.05) is 12.1 Å². The highest BCUT2D eigenvalue weighted by molar-refractivity contribution is 6.01. The zero-order valence-corrected chi connectivity index (χ0v) is 12.0. The summed E-state index contributed by atoms with van der Waals surface area (Å²) in [5, 5.41) is 20.0. The summed E-state index contributed by atoms with van der Waals surface area (Å²) in [6, 6.07) is 5.13.